The lowest BCUT2D eigenvalue weighted by atomic mass is 10.0. The van der Waals surface area contributed by atoms with Crippen molar-refractivity contribution in [2.45, 2.75) is 57.3 Å². The van der Waals surface area contributed by atoms with E-state index in [4.69, 9.17) is 32.4 Å². The molecular formula is C35H46N10O7. The van der Waals surface area contributed by atoms with Crippen molar-refractivity contribution < 1.29 is 33.4 Å². The zero-order chi connectivity index (χ0) is 38.0. The zero-order valence-electron chi connectivity index (χ0n) is 29.1. The highest BCUT2D eigenvalue weighted by Crippen LogP contribution is 2.27. The molecule has 0 fully saturated rings. The van der Waals surface area contributed by atoms with Gasteiger partial charge in [-0.1, -0.05) is 54.6 Å². The third-order valence-electron chi connectivity index (χ3n) is 7.64. The third-order valence-corrected chi connectivity index (χ3v) is 7.64. The van der Waals surface area contributed by atoms with Crippen molar-refractivity contribution in [3.8, 4) is 5.75 Å². The number of ether oxygens (including phenoxy) is 2. The van der Waals surface area contributed by atoms with Crippen LogP contribution in [0.15, 0.2) is 76.7 Å². The maximum atomic E-state index is 13.7. The first-order chi connectivity index (χ1) is 24.9. The minimum absolute atomic E-state index is 0.0135. The minimum atomic E-state index is -1.24. The third kappa shape index (κ3) is 13.1. The highest BCUT2D eigenvalue weighted by atomic mass is 16.5. The molecule has 3 atom stereocenters. The average molecular weight is 719 g/mol. The van der Waals surface area contributed by atoms with E-state index < -0.39 is 47.8 Å². The number of alkyl carbamates (subject to hydrolysis) is 1. The van der Waals surface area contributed by atoms with Gasteiger partial charge in [0, 0.05) is 24.0 Å². The van der Waals surface area contributed by atoms with Crippen LogP contribution in [0.25, 0.3) is 10.8 Å². The fourth-order valence-electron chi connectivity index (χ4n) is 4.97. The summed E-state index contributed by atoms with van der Waals surface area (Å²) in [5, 5.41) is 11.5. The van der Waals surface area contributed by atoms with Crippen LogP contribution in [-0.4, -0.2) is 80.0 Å². The lowest BCUT2D eigenvalue weighted by Crippen LogP contribution is -2.56. The molecule has 0 spiro atoms. The number of carbonyl (C=O) groups excluding carboxylic acids is 5. The quantitative estimate of drug-likeness (QED) is 0.0509. The summed E-state index contributed by atoms with van der Waals surface area (Å²) in [7, 11) is 1.47. The summed E-state index contributed by atoms with van der Waals surface area (Å²) >= 11 is 0. The van der Waals surface area contributed by atoms with Crippen molar-refractivity contribution in [3.63, 3.8) is 0 Å². The standard InChI is InChI=1S/C35H46N10O7/c1-21(42-35(50)52-20-22-10-4-3-5-11-22)29(46)43-26(14-8-16-40-33(36)37)31(48)44-27(15-9-17-41-34(38)39)32(49)45-30(47)24-18-23-12-6-7-13-25(23)28(19-24)51-2/h3-7,10-13,18-19,21,26-27H,8-9,14-17,20H2,1-2H3,(H,42,50)(H,43,46)(H,44,48)(H4,36,37,40)(H4,38,39,41)(H,45,47,49). The Labute approximate surface area is 300 Å². The molecule has 0 aliphatic heterocycles. The normalized spacial score (nSPS) is 12.3. The van der Waals surface area contributed by atoms with Gasteiger partial charge in [-0.2, -0.15) is 0 Å². The van der Waals surface area contributed by atoms with E-state index >= 15 is 0 Å². The Morgan fingerprint density at radius 2 is 1.31 bits per heavy atom. The van der Waals surface area contributed by atoms with Crippen LogP contribution < -0.4 is 48.9 Å². The number of nitrogens with zero attached hydrogens (tertiary/aromatic N) is 2. The molecule has 0 saturated carbocycles. The van der Waals surface area contributed by atoms with Crippen LogP contribution in [0, 0.1) is 0 Å². The van der Waals surface area contributed by atoms with Gasteiger partial charge < -0.3 is 48.4 Å². The van der Waals surface area contributed by atoms with Crippen molar-refractivity contribution in [1.82, 2.24) is 21.3 Å². The number of nitrogens with two attached hydrogens (primary N) is 4. The maximum absolute atomic E-state index is 13.7. The topological polar surface area (TPSA) is 281 Å². The smallest absolute Gasteiger partial charge is 0.408 e. The summed E-state index contributed by atoms with van der Waals surface area (Å²) < 4.78 is 10.6. The Balaban J connectivity index is 1.74. The van der Waals surface area contributed by atoms with E-state index in [0.717, 1.165) is 10.9 Å². The van der Waals surface area contributed by atoms with Gasteiger partial charge in [-0.05, 0) is 55.7 Å². The van der Waals surface area contributed by atoms with Crippen LogP contribution in [0.5, 0.6) is 5.75 Å². The Hall–Kier alpha value is -6.39. The number of fused-ring (bicyclic) bond motifs is 1. The molecule has 3 unspecified atom stereocenters. The second-order valence-corrected chi connectivity index (χ2v) is 11.7. The lowest BCUT2D eigenvalue weighted by molar-refractivity contribution is -0.132. The van der Waals surface area contributed by atoms with Gasteiger partial charge in [0.05, 0.1) is 7.11 Å². The van der Waals surface area contributed by atoms with Gasteiger partial charge >= 0.3 is 6.09 Å². The number of hydrogen-bond acceptors (Lipinski definition) is 9. The van der Waals surface area contributed by atoms with Crippen molar-refractivity contribution in [2.24, 2.45) is 32.9 Å². The fraction of sp³-hybridized carbons (Fsp3) is 0.343. The molecule has 3 rings (SSSR count). The number of nitrogens with one attached hydrogen (secondary N) is 4. The van der Waals surface area contributed by atoms with E-state index in [9.17, 15) is 24.0 Å². The van der Waals surface area contributed by atoms with Crippen LogP contribution in [-0.2, 0) is 25.7 Å². The van der Waals surface area contributed by atoms with Gasteiger partial charge in [0.2, 0.25) is 17.7 Å². The summed E-state index contributed by atoms with van der Waals surface area (Å²) in [6.07, 6.45) is -0.241. The molecule has 3 aromatic carbocycles. The van der Waals surface area contributed by atoms with Crippen molar-refractivity contribution in [3.05, 3.63) is 77.9 Å². The first kappa shape index (κ1) is 40.0. The Morgan fingerprint density at radius 1 is 0.731 bits per heavy atom. The molecule has 0 heterocycles. The van der Waals surface area contributed by atoms with Crippen LogP contribution in [0.2, 0.25) is 0 Å². The molecule has 3 aromatic rings. The summed E-state index contributed by atoms with van der Waals surface area (Å²) in [4.78, 5) is 73.8. The first-order valence-corrected chi connectivity index (χ1v) is 16.5. The second kappa shape index (κ2) is 20.3. The molecule has 278 valence electrons. The summed E-state index contributed by atoms with van der Waals surface area (Å²) in [5.41, 5.74) is 22.6. The van der Waals surface area contributed by atoms with Crippen molar-refractivity contribution in [1.29, 1.82) is 0 Å². The minimum Gasteiger partial charge on any atom is -0.496 e. The van der Waals surface area contributed by atoms with Crippen LogP contribution >= 0.6 is 0 Å². The molecule has 5 amide bonds. The van der Waals surface area contributed by atoms with Gasteiger partial charge in [0.25, 0.3) is 5.91 Å². The SMILES string of the molecule is COc1cc(C(=O)NC(=O)C(CCCN=C(N)N)NC(=O)C(CCCN=C(N)N)NC(=O)C(C)NC(=O)OCc2ccccc2)cc2ccccc12. The van der Waals surface area contributed by atoms with Crippen molar-refractivity contribution in [2.75, 3.05) is 20.2 Å². The van der Waals surface area contributed by atoms with E-state index in [2.05, 4.69) is 31.3 Å². The number of rotatable bonds is 18. The number of carbonyl (C=O) groups is 5. The fourth-order valence-corrected chi connectivity index (χ4v) is 4.97. The molecule has 12 N–H and O–H groups in total. The van der Waals surface area contributed by atoms with Crippen LogP contribution in [0.1, 0.15) is 48.5 Å². The van der Waals surface area contributed by atoms with E-state index in [1.807, 2.05) is 18.2 Å². The number of methoxy groups -OCH3 is 1. The van der Waals surface area contributed by atoms with Gasteiger partial charge in [0.15, 0.2) is 11.9 Å². The van der Waals surface area contributed by atoms with Crippen LogP contribution in [0.3, 0.4) is 0 Å². The van der Waals surface area contributed by atoms with Gasteiger partial charge in [-0.25, -0.2) is 4.79 Å². The number of imide groups is 1. The highest BCUT2D eigenvalue weighted by molar-refractivity contribution is 6.09. The predicted molar refractivity (Wildman–Crippen MR) is 196 cm³/mol. The molecule has 0 aliphatic rings. The molecular weight excluding hydrogens is 672 g/mol. The molecule has 0 bridgehead atoms. The molecule has 52 heavy (non-hydrogen) atoms. The predicted octanol–water partition coefficient (Wildman–Crippen LogP) is 0.497. The number of benzene rings is 3. The summed E-state index contributed by atoms with van der Waals surface area (Å²) in [5.74, 6) is -2.84. The van der Waals surface area contributed by atoms with E-state index in [1.54, 1.807) is 42.5 Å². The lowest BCUT2D eigenvalue weighted by Gasteiger charge is -2.24. The molecule has 17 nitrogen and oxygen atoms in total. The number of amides is 5. The largest absolute Gasteiger partial charge is 0.496 e. The summed E-state index contributed by atoms with van der Waals surface area (Å²) in [6.45, 7) is 1.69. The van der Waals surface area contributed by atoms with Gasteiger partial charge in [-0.3, -0.25) is 34.5 Å². The van der Waals surface area contributed by atoms with E-state index in [0.29, 0.717) is 11.1 Å². The van der Waals surface area contributed by atoms with E-state index in [1.165, 1.54) is 20.1 Å². The Kier molecular flexibility index (Phi) is 15.7. The first-order valence-electron chi connectivity index (χ1n) is 16.5. The number of aliphatic imine (C=N–C) groups is 2. The molecule has 0 saturated heterocycles. The number of guanidine groups is 2. The Bertz CT molecular complexity index is 1760. The van der Waals surface area contributed by atoms with Crippen LogP contribution in [0.4, 0.5) is 4.79 Å². The summed E-state index contributed by atoms with van der Waals surface area (Å²) in [6, 6.07) is 15.8. The monoisotopic (exact) mass is 718 g/mol. The highest BCUT2D eigenvalue weighted by Gasteiger charge is 2.29. The molecule has 0 radical (unpaired) electrons. The van der Waals surface area contributed by atoms with Gasteiger partial charge in [-0.15, -0.1) is 0 Å². The zero-order valence-corrected chi connectivity index (χ0v) is 29.1. The van der Waals surface area contributed by atoms with Gasteiger partial charge in [0.1, 0.15) is 30.5 Å². The molecule has 0 aromatic heterocycles. The molecule has 0 aliphatic carbocycles. The number of hydrogen-bond donors (Lipinski definition) is 8. The average Bonchev–Trinajstić information content (AvgIpc) is 3.12. The van der Waals surface area contributed by atoms with Crippen molar-refractivity contribution >= 4 is 52.4 Å². The molecule has 17 heteroatoms. The van der Waals surface area contributed by atoms with E-state index in [-0.39, 0.29) is 62.9 Å². The maximum Gasteiger partial charge on any atom is 0.408 e. The second-order valence-electron chi connectivity index (χ2n) is 11.7. The Morgan fingerprint density at radius 3 is 1.92 bits per heavy atom.